The van der Waals surface area contributed by atoms with Gasteiger partial charge in [-0.3, -0.25) is 9.78 Å². The van der Waals surface area contributed by atoms with E-state index >= 15 is 0 Å². The highest BCUT2D eigenvalue weighted by atomic mass is 19.4. The minimum absolute atomic E-state index is 0.0246. The summed E-state index contributed by atoms with van der Waals surface area (Å²) in [4.78, 5) is 30.0. The van der Waals surface area contributed by atoms with Crippen LogP contribution in [0.5, 0.6) is 11.5 Å². The first-order chi connectivity index (χ1) is 20.8. The number of hydrogen-bond donors (Lipinski definition) is 3. The highest BCUT2D eigenvalue weighted by Crippen LogP contribution is 2.34. The van der Waals surface area contributed by atoms with Gasteiger partial charge in [0.2, 0.25) is 5.91 Å². The molecule has 1 fully saturated rings. The molecule has 1 aliphatic heterocycles. The fraction of sp³-hybridized carbons (Fsp3) is 0.424. The smallest absolute Gasteiger partial charge is 0.416 e. The quantitative estimate of drug-likeness (QED) is 0.221. The molecule has 2 aromatic carbocycles. The van der Waals surface area contributed by atoms with Gasteiger partial charge in [0.15, 0.2) is 0 Å². The number of carbonyl (C=O) groups is 2. The first kappa shape index (κ1) is 32.8. The lowest BCUT2D eigenvalue weighted by Crippen LogP contribution is -2.52. The topological polar surface area (TPSA) is 104 Å². The number of carbonyl (C=O) groups excluding carboxylic acids is 1. The number of carboxylic acid groups (broad SMARTS) is 1. The Morgan fingerprint density at radius 3 is 2.48 bits per heavy atom. The van der Waals surface area contributed by atoms with Crippen LogP contribution in [-0.2, 0) is 23.9 Å². The van der Waals surface area contributed by atoms with Crippen LogP contribution in [0.4, 0.5) is 23.7 Å². The summed E-state index contributed by atoms with van der Waals surface area (Å²) < 4.78 is 44.7. The van der Waals surface area contributed by atoms with Crippen LogP contribution in [0.3, 0.4) is 0 Å². The molecule has 0 aliphatic carbocycles. The number of benzene rings is 2. The molecule has 44 heavy (non-hydrogen) atoms. The molecule has 2 unspecified atom stereocenters. The van der Waals surface area contributed by atoms with Gasteiger partial charge in [-0.2, -0.15) is 13.2 Å². The van der Waals surface area contributed by atoms with Crippen molar-refractivity contribution in [1.82, 2.24) is 15.2 Å². The van der Waals surface area contributed by atoms with Crippen LogP contribution in [0.1, 0.15) is 56.9 Å². The number of nitrogens with one attached hydrogen (secondary N) is 2. The van der Waals surface area contributed by atoms with Crippen molar-refractivity contribution in [3.63, 3.8) is 0 Å². The number of halogens is 3. The van der Waals surface area contributed by atoms with Crippen molar-refractivity contribution in [3.8, 4) is 11.5 Å². The zero-order chi connectivity index (χ0) is 31.9. The minimum atomic E-state index is -4.47. The van der Waals surface area contributed by atoms with Gasteiger partial charge in [-0.05, 0) is 79.1 Å². The Morgan fingerprint density at radius 1 is 1.05 bits per heavy atom. The van der Waals surface area contributed by atoms with Gasteiger partial charge in [-0.1, -0.05) is 39.0 Å². The van der Waals surface area contributed by atoms with E-state index in [1.54, 1.807) is 29.3 Å². The number of anilines is 1. The number of ether oxygens (including phenoxy) is 1. The van der Waals surface area contributed by atoms with Crippen molar-refractivity contribution < 1.29 is 32.6 Å². The van der Waals surface area contributed by atoms with Crippen LogP contribution in [0, 0.1) is 11.3 Å². The Labute approximate surface area is 255 Å². The predicted molar refractivity (Wildman–Crippen MR) is 162 cm³/mol. The molecular formula is C33H39F3N4O4. The summed E-state index contributed by atoms with van der Waals surface area (Å²) in [5, 5.41) is 15.6. The largest absolute Gasteiger partial charge is 0.465 e. The summed E-state index contributed by atoms with van der Waals surface area (Å²) in [7, 11) is 0. The molecule has 2 atom stereocenters. The van der Waals surface area contributed by atoms with E-state index in [9.17, 15) is 27.9 Å². The molecule has 4 rings (SSSR count). The number of rotatable bonds is 10. The van der Waals surface area contributed by atoms with Crippen molar-refractivity contribution >= 4 is 17.7 Å². The SMILES string of the molecule is CC(C)(C)C1CC(CNCc2cc(Oc3ccc(CCC(=O)Nc4cccc(C(F)(F)F)c4)cc3)ccn2)CCN1C(=O)O. The third kappa shape index (κ3) is 9.44. The number of aryl methyl sites for hydroxylation is 1. The molecule has 3 aromatic rings. The summed E-state index contributed by atoms with van der Waals surface area (Å²) in [6.07, 6.45) is -1.47. The van der Waals surface area contributed by atoms with Gasteiger partial charge in [0.25, 0.3) is 0 Å². The lowest BCUT2D eigenvalue weighted by molar-refractivity contribution is -0.137. The molecule has 2 amide bonds. The van der Waals surface area contributed by atoms with E-state index in [0.29, 0.717) is 36.9 Å². The van der Waals surface area contributed by atoms with Gasteiger partial charge in [-0.15, -0.1) is 0 Å². The molecular weight excluding hydrogens is 573 g/mol. The summed E-state index contributed by atoms with van der Waals surface area (Å²) >= 11 is 0. The molecule has 0 saturated carbocycles. The second kappa shape index (κ2) is 14.1. The number of piperidine rings is 1. The molecule has 236 valence electrons. The van der Waals surface area contributed by atoms with Crippen LogP contribution in [0.15, 0.2) is 66.9 Å². The number of likely N-dealkylation sites (tertiary alicyclic amines) is 1. The summed E-state index contributed by atoms with van der Waals surface area (Å²) in [6.45, 7) is 8.11. The molecule has 1 saturated heterocycles. The first-order valence-electron chi connectivity index (χ1n) is 14.7. The first-order valence-corrected chi connectivity index (χ1v) is 14.7. The molecule has 11 heteroatoms. The summed E-state index contributed by atoms with van der Waals surface area (Å²) in [6, 6.07) is 15.5. The third-order valence-corrected chi connectivity index (χ3v) is 7.76. The van der Waals surface area contributed by atoms with E-state index < -0.39 is 17.8 Å². The van der Waals surface area contributed by atoms with E-state index in [1.165, 1.54) is 12.1 Å². The van der Waals surface area contributed by atoms with Crippen molar-refractivity contribution in [2.75, 3.05) is 18.4 Å². The van der Waals surface area contributed by atoms with Crippen LogP contribution in [-0.4, -0.2) is 46.1 Å². The number of amides is 2. The predicted octanol–water partition coefficient (Wildman–Crippen LogP) is 7.36. The Hall–Kier alpha value is -4.12. The van der Waals surface area contributed by atoms with Crippen molar-refractivity contribution in [2.45, 2.75) is 65.2 Å². The average Bonchev–Trinajstić information content (AvgIpc) is 2.96. The molecule has 3 N–H and O–H groups in total. The second-order valence-corrected chi connectivity index (χ2v) is 12.2. The van der Waals surface area contributed by atoms with E-state index in [4.69, 9.17) is 4.74 Å². The number of pyridine rings is 1. The van der Waals surface area contributed by atoms with Crippen molar-refractivity contribution in [2.24, 2.45) is 11.3 Å². The Balaban J connectivity index is 1.23. The van der Waals surface area contributed by atoms with Crippen molar-refractivity contribution in [3.05, 3.63) is 83.7 Å². The average molecular weight is 613 g/mol. The Bertz CT molecular complexity index is 1420. The fourth-order valence-electron chi connectivity index (χ4n) is 5.41. The van der Waals surface area contributed by atoms with Crippen LogP contribution < -0.4 is 15.4 Å². The van der Waals surface area contributed by atoms with Crippen molar-refractivity contribution in [1.29, 1.82) is 0 Å². The maximum atomic E-state index is 12.9. The zero-order valence-corrected chi connectivity index (χ0v) is 25.2. The molecule has 0 radical (unpaired) electrons. The van der Waals surface area contributed by atoms with Crippen LogP contribution in [0.2, 0.25) is 0 Å². The maximum absolute atomic E-state index is 12.9. The number of aromatic nitrogens is 1. The van der Waals surface area contributed by atoms with Gasteiger partial charge in [0, 0.05) is 43.5 Å². The molecule has 1 aromatic heterocycles. The van der Waals surface area contributed by atoms with Crippen LogP contribution in [0.25, 0.3) is 0 Å². The highest BCUT2D eigenvalue weighted by molar-refractivity contribution is 5.90. The standard InChI is InChI=1S/C33H39F3N4O4/c1-32(2,3)29-17-23(14-16-40(29)31(42)43)20-37-21-26-19-28(13-15-38-26)44-27-10-7-22(8-11-27)9-12-30(41)39-25-6-4-5-24(18-25)33(34,35)36/h4-8,10-11,13,15,18-19,23,29,37H,9,12,14,16-17,20-21H2,1-3H3,(H,39,41)(H,42,43). The molecule has 0 spiro atoms. The lowest BCUT2D eigenvalue weighted by atomic mass is 9.77. The lowest BCUT2D eigenvalue weighted by Gasteiger charge is -2.44. The zero-order valence-electron chi connectivity index (χ0n) is 25.2. The van der Waals surface area contributed by atoms with E-state index in [-0.39, 0.29) is 29.5 Å². The summed E-state index contributed by atoms with van der Waals surface area (Å²) in [5.74, 6) is 1.25. The third-order valence-electron chi connectivity index (χ3n) is 7.76. The maximum Gasteiger partial charge on any atom is 0.416 e. The van der Waals surface area contributed by atoms with E-state index in [0.717, 1.165) is 42.8 Å². The fourth-order valence-corrected chi connectivity index (χ4v) is 5.41. The van der Waals surface area contributed by atoms with Gasteiger partial charge >= 0.3 is 12.3 Å². The highest BCUT2D eigenvalue weighted by Gasteiger charge is 2.38. The molecule has 8 nitrogen and oxygen atoms in total. The molecule has 0 bridgehead atoms. The number of hydrogen-bond acceptors (Lipinski definition) is 5. The Morgan fingerprint density at radius 2 is 1.80 bits per heavy atom. The summed E-state index contributed by atoms with van der Waals surface area (Å²) in [5.41, 5.74) is 0.872. The van der Waals surface area contributed by atoms with Crippen LogP contribution >= 0.6 is 0 Å². The van der Waals surface area contributed by atoms with E-state index in [2.05, 4.69) is 36.4 Å². The minimum Gasteiger partial charge on any atom is -0.465 e. The molecule has 2 heterocycles. The van der Waals surface area contributed by atoms with Gasteiger partial charge < -0.3 is 25.4 Å². The van der Waals surface area contributed by atoms with Gasteiger partial charge in [0.05, 0.1) is 11.3 Å². The second-order valence-electron chi connectivity index (χ2n) is 12.2. The van der Waals surface area contributed by atoms with Gasteiger partial charge in [0.1, 0.15) is 11.5 Å². The normalized spacial score (nSPS) is 17.3. The number of nitrogens with zero attached hydrogens (tertiary/aromatic N) is 2. The monoisotopic (exact) mass is 612 g/mol. The number of alkyl halides is 3. The Kier molecular flexibility index (Phi) is 10.5. The van der Waals surface area contributed by atoms with Gasteiger partial charge in [-0.25, -0.2) is 4.79 Å². The molecule has 1 aliphatic rings. The van der Waals surface area contributed by atoms with E-state index in [1.807, 2.05) is 18.2 Å².